The highest BCUT2D eigenvalue weighted by Gasteiger charge is 2.15. The van der Waals surface area contributed by atoms with E-state index in [0.29, 0.717) is 24.4 Å². The number of urea groups is 1. The molecule has 0 spiro atoms. The third-order valence-corrected chi connectivity index (χ3v) is 6.17. The van der Waals surface area contributed by atoms with Crippen LogP contribution in [0.2, 0.25) is 0 Å². The zero-order chi connectivity index (χ0) is 21.4. The normalized spacial score (nSPS) is 11.0. The quantitative estimate of drug-likeness (QED) is 0.576. The van der Waals surface area contributed by atoms with Gasteiger partial charge in [0.1, 0.15) is 5.75 Å². The van der Waals surface area contributed by atoms with Crippen LogP contribution in [0.15, 0.2) is 78.0 Å². The van der Waals surface area contributed by atoms with Gasteiger partial charge in [-0.05, 0) is 60.0 Å². The summed E-state index contributed by atoms with van der Waals surface area (Å²) in [5.41, 5.74) is 2.28. The van der Waals surface area contributed by atoms with Crippen LogP contribution in [-0.4, -0.2) is 32.3 Å². The molecule has 0 saturated carbocycles. The number of nitrogens with one attached hydrogen (secondary N) is 2. The van der Waals surface area contributed by atoms with Gasteiger partial charge in [0.05, 0.1) is 17.8 Å². The van der Waals surface area contributed by atoms with Crippen LogP contribution in [0.5, 0.6) is 5.75 Å². The van der Waals surface area contributed by atoms with Crippen molar-refractivity contribution in [2.75, 3.05) is 18.2 Å². The fourth-order valence-electron chi connectivity index (χ4n) is 2.80. The van der Waals surface area contributed by atoms with E-state index in [2.05, 4.69) is 15.6 Å². The lowest BCUT2D eigenvalue weighted by Gasteiger charge is -2.09. The van der Waals surface area contributed by atoms with Gasteiger partial charge in [-0.2, -0.15) is 0 Å². The third-order valence-electron chi connectivity index (χ3n) is 4.44. The molecule has 30 heavy (non-hydrogen) atoms. The maximum Gasteiger partial charge on any atom is 0.319 e. The van der Waals surface area contributed by atoms with E-state index in [1.165, 1.54) is 12.1 Å². The molecule has 0 atom stereocenters. The first-order valence-electron chi connectivity index (χ1n) is 9.36. The lowest BCUT2D eigenvalue weighted by atomic mass is 10.2. The standard InChI is InChI=1S/C22H23N3O4S/c1-29-20-6-2-4-17(14-20)11-13-30(27,28)21-9-7-19(8-10-21)25-22(26)24-16-18-5-3-12-23-15-18/h2-10,12,14-15H,11,13,16H2,1H3,(H2,24,25,26). The smallest absolute Gasteiger partial charge is 0.319 e. The van der Waals surface area contributed by atoms with E-state index in [0.717, 1.165) is 11.1 Å². The molecule has 1 heterocycles. The summed E-state index contributed by atoms with van der Waals surface area (Å²) in [6, 6.07) is 16.8. The predicted octanol–water partition coefficient (Wildman–Crippen LogP) is 3.43. The number of benzene rings is 2. The van der Waals surface area contributed by atoms with E-state index in [1.54, 1.807) is 37.7 Å². The zero-order valence-corrected chi connectivity index (χ0v) is 17.4. The largest absolute Gasteiger partial charge is 0.497 e. The molecule has 3 rings (SSSR count). The van der Waals surface area contributed by atoms with Crippen molar-refractivity contribution in [2.24, 2.45) is 0 Å². The van der Waals surface area contributed by atoms with Gasteiger partial charge in [0.15, 0.2) is 9.84 Å². The number of carbonyl (C=O) groups excluding carboxylic acids is 1. The summed E-state index contributed by atoms with van der Waals surface area (Å²) < 4.78 is 30.4. The zero-order valence-electron chi connectivity index (χ0n) is 16.5. The van der Waals surface area contributed by atoms with Crippen molar-refractivity contribution >= 4 is 21.6 Å². The van der Waals surface area contributed by atoms with Crippen LogP contribution in [0.4, 0.5) is 10.5 Å². The molecule has 0 aliphatic heterocycles. The summed E-state index contributed by atoms with van der Waals surface area (Å²) in [6.07, 6.45) is 3.72. The number of carbonyl (C=O) groups is 1. The second-order valence-electron chi connectivity index (χ2n) is 6.61. The Hall–Kier alpha value is -3.39. The number of amides is 2. The molecule has 0 radical (unpaired) electrons. The van der Waals surface area contributed by atoms with Gasteiger partial charge < -0.3 is 15.4 Å². The number of methoxy groups -OCH3 is 1. The molecule has 2 N–H and O–H groups in total. The SMILES string of the molecule is COc1cccc(CCS(=O)(=O)c2ccc(NC(=O)NCc3cccnc3)cc2)c1. The molecule has 0 fully saturated rings. The Morgan fingerprint density at radius 2 is 1.80 bits per heavy atom. The number of hydrogen-bond donors (Lipinski definition) is 2. The topological polar surface area (TPSA) is 97.4 Å². The first-order chi connectivity index (χ1) is 14.5. The molecule has 0 bridgehead atoms. The summed E-state index contributed by atoms with van der Waals surface area (Å²) >= 11 is 0. The predicted molar refractivity (Wildman–Crippen MR) is 115 cm³/mol. The molecular weight excluding hydrogens is 402 g/mol. The molecular formula is C22H23N3O4S. The van der Waals surface area contributed by atoms with E-state index in [1.807, 2.05) is 30.3 Å². The van der Waals surface area contributed by atoms with E-state index in [-0.39, 0.29) is 16.7 Å². The van der Waals surface area contributed by atoms with Gasteiger partial charge in [-0.1, -0.05) is 18.2 Å². The fourth-order valence-corrected chi connectivity index (χ4v) is 4.09. The van der Waals surface area contributed by atoms with Gasteiger partial charge in [-0.25, -0.2) is 13.2 Å². The van der Waals surface area contributed by atoms with E-state index in [4.69, 9.17) is 4.74 Å². The minimum Gasteiger partial charge on any atom is -0.497 e. The first-order valence-corrected chi connectivity index (χ1v) is 11.0. The number of pyridine rings is 1. The number of rotatable bonds is 8. The summed E-state index contributed by atoms with van der Waals surface area (Å²) in [6.45, 7) is 0.344. The second-order valence-corrected chi connectivity index (χ2v) is 8.72. The number of anilines is 1. The van der Waals surface area contributed by atoms with Crippen LogP contribution in [0, 0.1) is 0 Å². The van der Waals surface area contributed by atoms with Crippen molar-refractivity contribution in [2.45, 2.75) is 17.9 Å². The van der Waals surface area contributed by atoms with Crippen molar-refractivity contribution in [3.8, 4) is 5.75 Å². The summed E-state index contributed by atoms with van der Waals surface area (Å²) in [4.78, 5) is 16.2. The molecule has 0 saturated heterocycles. The fraction of sp³-hybridized carbons (Fsp3) is 0.182. The van der Waals surface area contributed by atoms with Gasteiger partial charge in [-0.3, -0.25) is 4.98 Å². The molecule has 0 aliphatic carbocycles. The summed E-state index contributed by atoms with van der Waals surface area (Å²) in [5, 5.41) is 5.40. The van der Waals surface area contributed by atoms with Crippen molar-refractivity contribution in [1.82, 2.24) is 10.3 Å². The van der Waals surface area contributed by atoms with Gasteiger partial charge >= 0.3 is 6.03 Å². The number of aryl methyl sites for hydroxylation is 1. The lowest BCUT2D eigenvalue weighted by Crippen LogP contribution is -2.28. The van der Waals surface area contributed by atoms with Gasteiger partial charge in [0.2, 0.25) is 0 Å². The lowest BCUT2D eigenvalue weighted by molar-refractivity contribution is 0.251. The number of hydrogen-bond acceptors (Lipinski definition) is 5. The molecule has 8 heteroatoms. The van der Waals surface area contributed by atoms with Gasteiger partial charge in [-0.15, -0.1) is 0 Å². The highest BCUT2D eigenvalue weighted by molar-refractivity contribution is 7.91. The van der Waals surface area contributed by atoms with Crippen LogP contribution < -0.4 is 15.4 Å². The average molecular weight is 426 g/mol. The Balaban J connectivity index is 1.55. The van der Waals surface area contributed by atoms with Crippen LogP contribution in [-0.2, 0) is 22.8 Å². The molecule has 0 unspecified atom stereocenters. The molecule has 2 amide bonds. The minimum absolute atomic E-state index is 0.0153. The minimum atomic E-state index is -3.45. The number of ether oxygens (including phenoxy) is 1. The third kappa shape index (κ3) is 6.05. The van der Waals surface area contributed by atoms with Crippen LogP contribution in [0.1, 0.15) is 11.1 Å². The van der Waals surface area contributed by atoms with Crippen molar-refractivity contribution < 1.29 is 17.9 Å². The molecule has 7 nitrogen and oxygen atoms in total. The molecule has 0 aliphatic rings. The second kappa shape index (κ2) is 9.89. The Labute approximate surface area is 176 Å². The molecule has 1 aromatic heterocycles. The molecule has 3 aromatic rings. The average Bonchev–Trinajstić information content (AvgIpc) is 2.77. The summed E-state index contributed by atoms with van der Waals surface area (Å²) in [5.74, 6) is 0.681. The van der Waals surface area contributed by atoms with Crippen molar-refractivity contribution in [3.05, 3.63) is 84.2 Å². The maximum atomic E-state index is 12.6. The Morgan fingerprint density at radius 1 is 1.03 bits per heavy atom. The number of nitrogens with zero attached hydrogens (tertiary/aromatic N) is 1. The van der Waals surface area contributed by atoms with Crippen molar-refractivity contribution in [1.29, 1.82) is 0 Å². The van der Waals surface area contributed by atoms with E-state index in [9.17, 15) is 13.2 Å². The molecule has 156 valence electrons. The Kier molecular flexibility index (Phi) is 7.03. The van der Waals surface area contributed by atoms with Crippen LogP contribution >= 0.6 is 0 Å². The van der Waals surface area contributed by atoms with Crippen LogP contribution in [0.25, 0.3) is 0 Å². The number of sulfone groups is 1. The maximum absolute atomic E-state index is 12.6. The van der Waals surface area contributed by atoms with Crippen LogP contribution in [0.3, 0.4) is 0 Å². The highest BCUT2D eigenvalue weighted by atomic mass is 32.2. The monoisotopic (exact) mass is 425 g/mol. The number of aromatic nitrogens is 1. The highest BCUT2D eigenvalue weighted by Crippen LogP contribution is 2.18. The Morgan fingerprint density at radius 3 is 2.50 bits per heavy atom. The van der Waals surface area contributed by atoms with Gasteiger partial charge in [0.25, 0.3) is 0 Å². The van der Waals surface area contributed by atoms with E-state index >= 15 is 0 Å². The molecule has 2 aromatic carbocycles. The van der Waals surface area contributed by atoms with E-state index < -0.39 is 9.84 Å². The van der Waals surface area contributed by atoms with Crippen molar-refractivity contribution in [3.63, 3.8) is 0 Å². The first kappa shape index (κ1) is 21.3. The summed E-state index contributed by atoms with van der Waals surface area (Å²) in [7, 11) is -1.87. The van der Waals surface area contributed by atoms with Gasteiger partial charge in [0, 0.05) is 24.6 Å². The Bertz CT molecular complexity index is 1080.